The fraction of sp³-hybridized carbons (Fsp3) is 0.467. The van der Waals surface area contributed by atoms with Crippen LogP contribution in [0.25, 0.3) is 10.9 Å². The molecule has 3 rings (SSSR count). The van der Waals surface area contributed by atoms with Gasteiger partial charge in [-0.3, -0.25) is 0 Å². The lowest BCUT2D eigenvalue weighted by Gasteiger charge is -2.27. The van der Waals surface area contributed by atoms with E-state index in [1.54, 1.807) is 6.07 Å². The molecule has 6 heteroatoms. The number of nitrogens with zero attached hydrogens (tertiary/aromatic N) is 1. The SMILES string of the molecule is FC(F)(F)c1cc2c(CCN3CCNCC3)cccc2[nH]1. The van der Waals surface area contributed by atoms with E-state index in [-0.39, 0.29) is 0 Å². The average Bonchev–Trinajstić information content (AvgIpc) is 2.91. The molecule has 1 aliphatic rings. The maximum atomic E-state index is 12.8. The highest BCUT2D eigenvalue weighted by molar-refractivity contribution is 5.84. The largest absolute Gasteiger partial charge is 0.431 e. The van der Waals surface area contributed by atoms with Gasteiger partial charge in [0.05, 0.1) is 0 Å². The summed E-state index contributed by atoms with van der Waals surface area (Å²) in [6, 6.07) is 6.64. The summed E-state index contributed by atoms with van der Waals surface area (Å²) in [6.07, 6.45) is -3.55. The van der Waals surface area contributed by atoms with Gasteiger partial charge in [-0.2, -0.15) is 13.2 Å². The Morgan fingerprint density at radius 3 is 2.62 bits per heavy atom. The van der Waals surface area contributed by atoms with E-state index in [4.69, 9.17) is 0 Å². The number of hydrogen-bond donors (Lipinski definition) is 2. The van der Waals surface area contributed by atoms with Crippen LogP contribution in [-0.4, -0.2) is 42.6 Å². The molecule has 21 heavy (non-hydrogen) atoms. The molecule has 1 aromatic carbocycles. The molecule has 2 N–H and O–H groups in total. The third-order valence-electron chi connectivity index (χ3n) is 3.97. The normalized spacial score (nSPS) is 17.5. The predicted octanol–water partition coefficient (Wildman–Crippen LogP) is 2.63. The van der Waals surface area contributed by atoms with Gasteiger partial charge < -0.3 is 15.2 Å². The molecule has 0 aliphatic carbocycles. The topological polar surface area (TPSA) is 31.1 Å². The van der Waals surface area contributed by atoms with E-state index in [1.165, 1.54) is 6.07 Å². The first kappa shape index (κ1) is 14.4. The summed E-state index contributed by atoms with van der Waals surface area (Å²) in [6.45, 7) is 4.83. The molecule has 114 valence electrons. The van der Waals surface area contributed by atoms with Crippen LogP contribution < -0.4 is 5.32 Å². The minimum atomic E-state index is -4.32. The monoisotopic (exact) mass is 297 g/mol. The van der Waals surface area contributed by atoms with Gasteiger partial charge in [-0.1, -0.05) is 12.1 Å². The Morgan fingerprint density at radius 2 is 1.90 bits per heavy atom. The molecule has 2 heterocycles. The highest BCUT2D eigenvalue weighted by Crippen LogP contribution is 2.32. The third-order valence-corrected chi connectivity index (χ3v) is 3.97. The van der Waals surface area contributed by atoms with Gasteiger partial charge in [0.25, 0.3) is 0 Å². The number of aromatic amines is 1. The highest BCUT2D eigenvalue weighted by atomic mass is 19.4. The van der Waals surface area contributed by atoms with Gasteiger partial charge in [-0.25, -0.2) is 0 Å². The van der Waals surface area contributed by atoms with Gasteiger partial charge in [-0.15, -0.1) is 0 Å². The Balaban J connectivity index is 1.79. The van der Waals surface area contributed by atoms with Gasteiger partial charge in [0.2, 0.25) is 0 Å². The molecular formula is C15H18F3N3. The van der Waals surface area contributed by atoms with Crippen LogP contribution in [0.3, 0.4) is 0 Å². The van der Waals surface area contributed by atoms with Crippen LogP contribution in [0.5, 0.6) is 0 Å². The lowest BCUT2D eigenvalue weighted by molar-refractivity contribution is -0.140. The van der Waals surface area contributed by atoms with Crippen molar-refractivity contribution in [3.63, 3.8) is 0 Å². The van der Waals surface area contributed by atoms with Crippen molar-refractivity contribution in [1.29, 1.82) is 0 Å². The number of alkyl halides is 3. The van der Waals surface area contributed by atoms with Crippen LogP contribution in [0.15, 0.2) is 24.3 Å². The summed E-state index contributed by atoms with van der Waals surface area (Å²) in [5, 5.41) is 3.97. The average molecular weight is 297 g/mol. The first-order valence-electron chi connectivity index (χ1n) is 7.15. The van der Waals surface area contributed by atoms with Crippen LogP contribution in [0, 0.1) is 0 Å². The zero-order chi connectivity index (χ0) is 14.9. The highest BCUT2D eigenvalue weighted by Gasteiger charge is 2.32. The third kappa shape index (κ3) is 3.22. The van der Waals surface area contributed by atoms with Crippen molar-refractivity contribution in [2.24, 2.45) is 0 Å². The minimum absolute atomic E-state index is 0.556. The number of piperazine rings is 1. The molecule has 0 radical (unpaired) electrons. The van der Waals surface area contributed by atoms with E-state index < -0.39 is 11.9 Å². The Morgan fingerprint density at radius 1 is 1.14 bits per heavy atom. The minimum Gasteiger partial charge on any atom is -0.351 e. The molecule has 0 unspecified atom stereocenters. The van der Waals surface area contributed by atoms with Gasteiger partial charge >= 0.3 is 6.18 Å². The fourth-order valence-corrected chi connectivity index (χ4v) is 2.80. The summed E-state index contributed by atoms with van der Waals surface area (Å²) < 4.78 is 38.4. The van der Waals surface area contributed by atoms with Gasteiger partial charge in [0.15, 0.2) is 0 Å². The standard InChI is InChI=1S/C15H18F3N3/c16-15(17,18)14-10-12-11(2-1-3-13(12)20-14)4-7-21-8-5-19-6-9-21/h1-3,10,19-20H,4-9H2. The number of hydrogen-bond acceptors (Lipinski definition) is 2. The molecule has 1 aromatic heterocycles. The van der Waals surface area contributed by atoms with Crippen LogP contribution >= 0.6 is 0 Å². The lowest BCUT2D eigenvalue weighted by Crippen LogP contribution is -2.44. The second-order valence-corrected chi connectivity index (χ2v) is 5.40. The smallest absolute Gasteiger partial charge is 0.351 e. The number of aromatic nitrogens is 1. The van der Waals surface area contributed by atoms with Crippen molar-refractivity contribution in [3.05, 3.63) is 35.5 Å². The maximum absolute atomic E-state index is 12.8. The molecule has 1 saturated heterocycles. The van der Waals surface area contributed by atoms with E-state index in [1.807, 2.05) is 12.1 Å². The molecule has 0 atom stereocenters. The van der Waals surface area contributed by atoms with E-state index >= 15 is 0 Å². The summed E-state index contributed by atoms with van der Waals surface area (Å²) in [5.74, 6) is 0. The number of halogens is 3. The number of rotatable bonds is 3. The van der Waals surface area contributed by atoms with Gasteiger partial charge in [0.1, 0.15) is 5.69 Å². The van der Waals surface area contributed by atoms with Crippen LogP contribution in [0.4, 0.5) is 13.2 Å². The molecule has 3 nitrogen and oxygen atoms in total. The zero-order valence-corrected chi connectivity index (χ0v) is 11.6. The van der Waals surface area contributed by atoms with Crippen molar-refractivity contribution in [2.75, 3.05) is 32.7 Å². The van der Waals surface area contributed by atoms with E-state index in [0.717, 1.165) is 44.7 Å². The first-order valence-corrected chi connectivity index (χ1v) is 7.15. The molecule has 2 aromatic rings. The molecule has 0 saturated carbocycles. The summed E-state index contributed by atoms with van der Waals surface area (Å²) in [7, 11) is 0. The number of H-pyrrole nitrogens is 1. The van der Waals surface area contributed by atoms with E-state index in [9.17, 15) is 13.2 Å². The number of fused-ring (bicyclic) bond motifs is 1. The van der Waals surface area contributed by atoms with Crippen LogP contribution in [-0.2, 0) is 12.6 Å². The number of benzene rings is 1. The Labute approximate surface area is 121 Å². The van der Waals surface area contributed by atoms with E-state index in [0.29, 0.717) is 10.9 Å². The molecule has 0 spiro atoms. The predicted molar refractivity (Wildman–Crippen MR) is 76.3 cm³/mol. The Bertz CT molecular complexity index is 612. The second-order valence-electron chi connectivity index (χ2n) is 5.40. The quantitative estimate of drug-likeness (QED) is 0.912. The van der Waals surface area contributed by atoms with Crippen LogP contribution in [0.1, 0.15) is 11.3 Å². The summed E-state index contributed by atoms with van der Waals surface area (Å²) in [4.78, 5) is 4.81. The molecule has 0 bridgehead atoms. The lowest BCUT2D eigenvalue weighted by atomic mass is 10.1. The Kier molecular flexibility index (Phi) is 3.91. The molecule has 1 fully saturated rings. The molecular weight excluding hydrogens is 279 g/mol. The van der Waals surface area contributed by atoms with Crippen molar-refractivity contribution < 1.29 is 13.2 Å². The molecule has 0 amide bonds. The summed E-state index contributed by atoms with van der Waals surface area (Å²) in [5.41, 5.74) is 0.852. The van der Waals surface area contributed by atoms with Gasteiger partial charge in [0, 0.05) is 43.6 Å². The van der Waals surface area contributed by atoms with Crippen molar-refractivity contribution in [3.8, 4) is 0 Å². The number of nitrogens with one attached hydrogen (secondary N) is 2. The van der Waals surface area contributed by atoms with Crippen LogP contribution in [0.2, 0.25) is 0 Å². The molecule has 1 aliphatic heterocycles. The van der Waals surface area contributed by atoms with Crippen molar-refractivity contribution >= 4 is 10.9 Å². The second kappa shape index (κ2) is 5.69. The van der Waals surface area contributed by atoms with Crippen molar-refractivity contribution in [2.45, 2.75) is 12.6 Å². The maximum Gasteiger partial charge on any atom is 0.431 e. The first-order chi connectivity index (χ1) is 10.0. The van der Waals surface area contributed by atoms with E-state index in [2.05, 4.69) is 15.2 Å². The zero-order valence-electron chi connectivity index (χ0n) is 11.6. The van der Waals surface area contributed by atoms with Crippen molar-refractivity contribution in [1.82, 2.24) is 15.2 Å². The summed E-state index contributed by atoms with van der Waals surface area (Å²) >= 11 is 0. The Hall–Kier alpha value is -1.53. The fourth-order valence-electron chi connectivity index (χ4n) is 2.80. The van der Waals surface area contributed by atoms with Gasteiger partial charge in [-0.05, 0) is 24.1 Å².